The summed E-state index contributed by atoms with van der Waals surface area (Å²) in [6.45, 7) is 4.86. The van der Waals surface area contributed by atoms with Crippen LogP contribution >= 0.6 is 0 Å². The van der Waals surface area contributed by atoms with Crippen molar-refractivity contribution in [2.75, 3.05) is 16.8 Å². The van der Waals surface area contributed by atoms with Crippen molar-refractivity contribution in [3.05, 3.63) is 23.8 Å². The molecule has 2 rings (SSSR count). The number of carbonyl (C=O) groups excluding carboxylic acids is 1. The van der Waals surface area contributed by atoms with E-state index in [-0.39, 0.29) is 17.5 Å². The van der Waals surface area contributed by atoms with Gasteiger partial charge in [-0.1, -0.05) is 0 Å². The largest absolute Gasteiger partial charge is 0.478 e. The minimum Gasteiger partial charge on any atom is -0.478 e. The Balaban J connectivity index is 2.49. The van der Waals surface area contributed by atoms with Gasteiger partial charge in [-0.25, -0.2) is 4.79 Å². The van der Waals surface area contributed by atoms with E-state index in [9.17, 15) is 9.59 Å². The average Bonchev–Trinajstić information content (AvgIpc) is 2.32. The van der Waals surface area contributed by atoms with Crippen molar-refractivity contribution in [2.45, 2.75) is 32.7 Å². The molecule has 0 fully saturated rings. The minimum absolute atomic E-state index is 0.0206. The smallest absolute Gasteiger partial charge is 0.335 e. The maximum absolute atomic E-state index is 11.6. The first kappa shape index (κ1) is 13.4. The molecule has 5 nitrogen and oxygen atoms in total. The highest BCUT2D eigenvalue weighted by molar-refractivity contribution is 5.97. The zero-order valence-electron chi connectivity index (χ0n) is 11.1. The number of carbonyl (C=O) groups is 2. The standard InChI is InChI=1S/C14H18N2O3/c1-9(2)16-7-3-4-13(17)15-11-6-5-10(14(18)19)8-12(11)16/h5-6,8-9H,3-4,7H2,1-2H3,(H,15,17)(H,18,19). The number of nitrogens with zero attached hydrogens (tertiary/aromatic N) is 1. The van der Waals surface area contributed by atoms with Crippen molar-refractivity contribution in [1.82, 2.24) is 0 Å². The molecule has 0 spiro atoms. The summed E-state index contributed by atoms with van der Waals surface area (Å²) in [7, 11) is 0. The normalized spacial score (nSPS) is 15.5. The molecule has 0 aromatic heterocycles. The molecule has 19 heavy (non-hydrogen) atoms. The zero-order chi connectivity index (χ0) is 14.0. The van der Waals surface area contributed by atoms with E-state index in [0.29, 0.717) is 12.1 Å². The Kier molecular flexibility index (Phi) is 3.74. The van der Waals surface area contributed by atoms with E-state index < -0.39 is 5.97 Å². The summed E-state index contributed by atoms with van der Waals surface area (Å²) in [5, 5.41) is 11.9. The predicted molar refractivity (Wildman–Crippen MR) is 73.7 cm³/mol. The molecule has 1 amide bonds. The molecule has 102 valence electrons. The van der Waals surface area contributed by atoms with E-state index in [0.717, 1.165) is 18.7 Å². The number of nitrogens with one attached hydrogen (secondary N) is 1. The van der Waals surface area contributed by atoms with Gasteiger partial charge in [-0.05, 0) is 38.5 Å². The topological polar surface area (TPSA) is 69.6 Å². The van der Waals surface area contributed by atoms with Gasteiger partial charge in [0.15, 0.2) is 0 Å². The number of hydrogen-bond acceptors (Lipinski definition) is 3. The van der Waals surface area contributed by atoms with Crippen LogP contribution in [0.3, 0.4) is 0 Å². The lowest BCUT2D eigenvalue weighted by Gasteiger charge is -2.32. The zero-order valence-corrected chi connectivity index (χ0v) is 11.1. The van der Waals surface area contributed by atoms with Gasteiger partial charge in [0.05, 0.1) is 16.9 Å². The molecule has 0 atom stereocenters. The van der Waals surface area contributed by atoms with Crippen LogP contribution in [0, 0.1) is 0 Å². The molecule has 1 aromatic carbocycles. The number of amides is 1. The van der Waals surface area contributed by atoms with E-state index in [1.165, 1.54) is 6.07 Å². The van der Waals surface area contributed by atoms with Gasteiger partial charge < -0.3 is 15.3 Å². The van der Waals surface area contributed by atoms with Crippen LogP contribution in [0.1, 0.15) is 37.0 Å². The lowest BCUT2D eigenvalue weighted by molar-refractivity contribution is -0.116. The Morgan fingerprint density at radius 3 is 2.79 bits per heavy atom. The molecule has 5 heteroatoms. The summed E-state index contributed by atoms with van der Waals surface area (Å²) in [6.07, 6.45) is 1.25. The lowest BCUT2D eigenvalue weighted by Crippen LogP contribution is -2.35. The SMILES string of the molecule is CC(C)N1CCCC(=O)Nc2ccc(C(=O)O)cc21. The Morgan fingerprint density at radius 1 is 1.42 bits per heavy atom. The molecule has 1 aliphatic heterocycles. The number of benzene rings is 1. The van der Waals surface area contributed by atoms with Crippen molar-refractivity contribution in [3.63, 3.8) is 0 Å². The Labute approximate surface area is 112 Å². The van der Waals surface area contributed by atoms with E-state index >= 15 is 0 Å². The summed E-state index contributed by atoms with van der Waals surface area (Å²) in [6, 6.07) is 5.06. The molecular weight excluding hydrogens is 244 g/mol. The number of aromatic carboxylic acids is 1. The summed E-state index contributed by atoms with van der Waals surface area (Å²) in [5.41, 5.74) is 1.70. The van der Waals surface area contributed by atoms with Gasteiger partial charge in [-0.15, -0.1) is 0 Å². The molecule has 2 N–H and O–H groups in total. The molecule has 1 aromatic rings. The third-order valence-electron chi connectivity index (χ3n) is 3.25. The maximum atomic E-state index is 11.6. The lowest BCUT2D eigenvalue weighted by atomic mass is 10.1. The highest BCUT2D eigenvalue weighted by Crippen LogP contribution is 2.31. The van der Waals surface area contributed by atoms with Crippen LogP contribution in [0.4, 0.5) is 11.4 Å². The van der Waals surface area contributed by atoms with Gasteiger partial charge in [0.25, 0.3) is 0 Å². The first-order chi connectivity index (χ1) is 8.99. The molecule has 0 aliphatic carbocycles. The maximum Gasteiger partial charge on any atom is 0.335 e. The quantitative estimate of drug-likeness (QED) is 0.858. The van der Waals surface area contributed by atoms with Crippen LogP contribution in [0.25, 0.3) is 0 Å². The molecule has 0 unspecified atom stereocenters. The van der Waals surface area contributed by atoms with Gasteiger partial charge >= 0.3 is 5.97 Å². The van der Waals surface area contributed by atoms with Crippen LogP contribution in [0.15, 0.2) is 18.2 Å². The van der Waals surface area contributed by atoms with Crippen LogP contribution in [0.5, 0.6) is 0 Å². The van der Waals surface area contributed by atoms with E-state index in [1.54, 1.807) is 12.1 Å². The Morgan fingerprint density at radius 2 is 2.16 bits per heavy atom. The fourth-order valence-electron chi connectivity index (χ4n) is 2.29. The predicted octanol–water partition coefficient (Wildman–Crippen LogP) is 2.33. The first-order valence-corrected chi connectivity index (χ1v) is 6.43. The van der Waals surface area contributed by atoms with Crippen molar-refractivity contribution in [2.24, 2.45) is 0 Å². The summed E-state index contributed by atoms with van der Waals surface area (Å²) in [5.74, 6) is -0.979. The number of carboxylic acid groups (broad SMARTS) is 1. The summed E-state index contributed by atoms with van der Waals surface area (Å²) >= 11 is 0. The van der Waals surface area contributed by atoms with Crippen LogP contribution in [0.2, 0.25) is 0 Å². The monoisotopic (exact) mass is 262 g/mol. The van der Waals surface area contributed by atoms with Gasteiger partial charge in [-0.3, -0.25) is 4.79 Å². The van der Waals surface area contributed by atoms with Crippen LogP contribution in [-0.2, 0) is 4.79 Å². The fourth-order valence-corrected chi connectivity index (χ4v) is 2.29. The number of anilines is 2. The van der Waals surface area contributed by atoms with Crippen molar-refractivity contribution in [1.29, 1.82) is 0 Å². The number of carboxylic acids is 1. The third-order valence-corrected chi connectivity index (χ3v) is 3.25. The van der Waals surface area contributed by atoms with Crippen LogP contribution < -0.4 is 10.2 Å². The average molecular weight is 262 g/mol. The fraction of sp³-hybridized carbons (Fsp3) is 0.429. The Hall–Kier alpha value is -2.04. The molecule has 0 saturated carbocycles. The van der Waals surface area contributed by atoms with Gasteiger partial charge in [0.2, 0.25) is 5.91 Å². The van der Waals surface area contributed by atoms with Crippen molar-refractivity contribution < 1.29 is 14.7 Å². The number of rotatable bonds is 2. The molecule has 1 aliphatic rings. The second-order valence-electron chi connectivity index (χ2n) is 4.98. The van der Waals surface area contributed by atoms with Gasteiger partial charge in [0, 0.05) is 19.0 Å². The van der Waals surface area contributed by atoms with Gasteiger partial charge in [0.1, 0.15) is 0 Å². The van der Waals surface area contributed by atoms with E-state index in [4.69, 9.17) is 5.11 Å². The molecule has 0 bridgehead atoms. The van der Waals surface area contributed by atoms with E-state index in [2.05, 4.69) is 24.1 Å². The first-order valence-electron chi connectivity index (χ1n) is 6.43. The molecule has 1 heterocycles. The second kappa shape index (κ2) is 5.30. The van der Waals surface area contributed by atoms with E-state index in [1.807, 2.05) is 0 Å². The summed E-state index contributed by atoms with van der Waals surface area (Å²) in [4.78, 5) is 24.8. The molecule has 0 saturated heterocycles. The minimum atomic E-state index is -0.958. The van der Waals surface area contributed by atoms with Crippen LogP contribution in [-0.4, -0.2) is 29.6 Å². The van der Waals surface area contributed by atoms with Crippen molar-refractivity contribution in [3.8, 4) is 0 Å². The summed E-state index contributed by atoms with van der Waals surface area (Å²) < 4.78 is 0. The third kappa shape index (κ3) is 2.86. The highest BCUT2D eigenvalue weighted by atomic mass is 16.4. The molecule has 0 radical (unpaired) electrons. The number of hydrogen-bond donors (Lipinski definition) is 2. The highest BCUT2D eigenvalue weighted by Gasteiger charge is 2.20. The van der Waals surface area contributed by atoms with Gasteiger partial charge in [-0.2, -0.15) is 0 Å². The number of fused-ring (bicyclic) bond motifs is 1. The Bertz CT molecular complexity index is 511. The second-order valence-corrected chi connectivity index (χ2v) is 4.98. The molecular formula is C14H18N2O3. The van der Waals surface area contributed by atoms with Crippen molar-refractivity contribution >= 4 is 23.3 Å².